The Bertz CT molecular complexity index is 2160. The monoisotopic (exact) mass is 760 g/mol. The fourth-order valence-corrected chi connectivity index (χ4v) is 8.67. The number of ether oxygens (including phenoxy) is 3. The van der Waals surface area contributed by atoms with Gasteiger partial charge in [-0.05, 0) is 86.1 Å². The maximum absolute atomic E-state index is 14.1. The van der Waals surface area contributed by atoms with Crippen LogP contribution in [0.5, 0.6) is 11.8 Å². The van der Waals surface area contributed by atoms with Crippen LogP contribution in [0.25, 0.3) is 32.8 Å². The highest BCUT2D eigenvalue weighted by Crippen LogP contribution is 2.53. The lowest BCUT2D eigenvalue weighted by molar-refractivity contribution is -0.153. The quantitative estimate of drug-likeness (QED) is 0.174. The number of fused-ring (bicyclic) bond motifs is 2. The van der Waals surface area contributed by atoms with Gasteiger partial charge in [-0.1, -0.05) is 18.7 Å². The fourth-order valence-electron chi connectivity index (χ4n) is 8.67. The van der Waals surface area contributed by atoms with Crippen LogP contribution in [0.2, 0.25) is 0 Å². The number of hydrogen-bond donors (Lipinski definition) is 1. The van der Waals surface area contributed by atoms with E-state index in [1.165, 1.54) is 6.08 Å². The molecule has 4 aromatic rings. The Balaban J connectivity index is 1.28. The summed E-state index contributed by atoms with van der Waals surface area (Å²) in [5.74, 6) is 0.553. The number of carbonyl (C=O) groups excluding carboxylic acids is 1. The molecule has 1 amide bonds. The van der Waals surface area contributed by atoms with Crippen molar-refractivity contribution in [2.45, 2.75) is 63.6 Å². The number of hydrogen-bond acceptors (Lipinski definition) is 9. The number of amides is 1. The number of anilines is 1. The van der Waals surface area contributed by atoms with Crippen LogP contribution < -0.4 is 19.9 Å². The summed E-state index contributed by atoms with van der Waals surface area (Å²) in [6.45, 7) is 9.62. The average molecular weight is 761 g/mol. The zero-order valence-electron chi connectivity index (χ0n) is 31.3. The number of aromatic nitrogens is 3. The van der Waals surface area contributed by atoms with Gasteiger partial charge in [0.25, 0.3) is 5.56 Å². The van der Waals surface area contributed by atoms with Crippen LogP contribution >= 0.6 is 0 Å². The first-order chi connectivity index (χ1) is 26.5. The number of nitrogens with one attached hydrogen (secondary N) is 1. The van der Waals surface area contributed by atoms with Gasteiger partial charge in [0.15, 0.2) is 12.4 Å². The Morgan fingerprint density at radius 3 is 2.47 bits per heavy atom. The Kier molecular flexibility index (Phi) is 9.99. The van der Waals surface area contributed by atoms with Gasteiger partial charge in [-0.25, -0.2) is 0 Å². The predicted molar refractivity (Wildman–Crippen MR) is 204 cm³/mol. The van der Waals surface area contributed by atoms with Gasteiger partial charge < -0.3 is 33.9 Å². The molecule has 5 heterocycles. The van der Waals surface area contributed by atoms with Crippen molar-refractivity contribution in [1.29, 1.82) is 0 Å². The summed E-state index contributed by atoms with van der Waals surface area (Å²) in [5, 5.41) is 1.64. The van der Waals surface area contributed by atoms with Gasteiger partial charge in [0, 0.05) is 81.0 Å². The van der Waals surface area contributed by atoms with Gasteiger partial charge in [0.05, 0.1) is 12.0 Å². The second kappa shape index (κ2) is 14.8. The molecule has 1 aliphatic carbocycles. The number of pyridine rings is 1. The van der Waals surface area contributed by atoms with Crippen LogP contribution in [0, 0.1) is 12.3 Å². The topological polar surface area (TPSA) is 113 Å². The van der Waals surface area contributed by atoms with Crippen LogP contribution in [0.1, 0.15) is 55.6 Å². The van der Waals surface area contributed by atoms with E-state index < -0.39 is 12.8 Å². The lowest BCUT2D eigenvalue weighted by atomic mass is 9.72. The van der Waals surface area contributed by atoms with Gasteiger partial charge in [-0.15, -0.1) is 0 Å². The number of benzene rings is 2. The number of methoxy groups -OCH3 is 1. The molecule has 0 bridgehead atoms. The molecule has 3 aliphatic heterocycles. The summed E-state index contributed by atoms with van der Waals surface area (Å²) in [5.41, 5.74) is 2.43. The molecule has 292 valence electrons. The highest BCUT2D eigenvalue weighted by molar-refractivity contribution is 6.06. The molecule has 14 heteroatoms. The van der Waals surface area contributed by atoms with Crippen LogP contribution in [-0.4, -0.2) is 109 Å². The lowest BCUT2D eigenvalue weighted by Gasteiger charge is -2.54. The van der Waals surface area contributed by atoms with E-state index in [1.807, 2.05) is 30.0 Å². The number of likely N-dealkylation sites (tertiary alicyclic amines) is 2. The Morgan fingerprint density at radius 2 is 1.80 bits per heavy atom. The van der Waals surface area contributed by atoms with Gasteiger partial charge in [-0.3, -0.25) is 9.59 Å². The van der Waals surface area contributed by atoms with Crippen LogP contribution in [0.15, 0.2) is 47.9 Å². The molecule has 11 nitrogen and oxygen atoms in total. The average Bonchev–Trinajstić information content (AvgIpc) is 4.01. The first-order valence-electron chi connectivity index (χ1n) is 19.2. The standard InChI is InChI=1S/C41H47F3N6O5/c1-4-31(51)50-22-40(23-50)12-17-49(18-13-40)37-30-21-29(26-7-8-26)34(32-25(2)5-6-27-9-14-45-38(52)33(27)32)36(54-24-41(42,43)44)35(30)46-39(47-37)55-28-10-15-48(16-11-28)19-20-53-3/h4-6,9,14,21,26,28H,1,7-8,10-13,15-20,22-24H2,2-3H3,(H,45,52). The van der Waals surface area contributed by atoms with E-state index in [0.717, 1.165) is 69.3 Å². The molecule has 55 heavy (non-hydrogen) atoms. The van der Waals surface area contributed by atoms with Crippen LogP contribution in [0.4, 0.5) is 19.0 Å². The summed E-state index contributed by atoms with van der Waals surface area (Å²) in [6.07, 6.45) is 2.88. The van der Waals surface area contributed by atoms with Crippen molar-refractivity contribution in [3.8, 4) is 22.9 Å². The SMILES string of the molecule is C=CC(=O)N1CC2(CCN(c3nc(OC4CCN(CCOC)CC4)nc4c(OCC(F)(F)F)c(-c5c(C)ccc6cc[nH]c(=O)c56)c(C5CC5)cc34)CC2)C1. The Hall–Kier alpha value is -4.69. The molecular weight excluding hydrogens is 713 g/mol. The lowest BCUT2D eigenvalue weighted by Crippen LogP contribution is -2.61. The summed E-state index contributed by atoms with van der Waals surface area (Å²) < 4.78 is 60.1. The number of piperidine rings is 2. The number of nitrogens with zero attached hydrogens (tertiary/aromatic N) is 5. The maximum Gasteiger partial charge on any atom is 0.422 e. The minimum Gasteiger partial charge on any atom is -0.481 e. The molecule has 0 atom stereocenters. The molecule has 1 spiro atoms. The second-order valence-corrected chi connectivity index (χ2v) is 15.6. The van der Waals surface area contributed by atoms with E-state index in [4.69, 9.17) is 24.2 Å². The minimum absolute atomic E-state index is 0.000388. The number of aryl methyl sites for hydroxylation is 1. The molecular formula is C41H47F3N6O5. The largest absolute Gasteiger partial charge is 0.481 e. The van der Waals surface area contributed by atoms with Crippen LogP contribution in [0.3, 0.4) is 0 Å². The van der Waals surface area contributed by atoms with Crippen molar-refractivity contribution < 1.29 is 32.2 Å². The van der Waals surface area contributed by atoms with E-state index in [-0.39, 0.29) is 46.2 Å². The van der Waals surface area contributed by atoms with Crippen molar-refractivity contribution in [2.24, 2.45) is 5.41 Å². The number of aromatic amines is 1. The second-order valence-electron chi connectivity index (χ2n) is 15.6. The van der Waals surface area contributed by atoms with Gasteiger partial charge in [-0.2, -0.15) is 23.1 Å². The number of carbonyl (C=O) groups is 1. The molecule has 2 aromatic carbocycles. The Morgan fingerprint density at radius 1 is 1.05 bits per heavy atom. The van der Waals surface area contributed by atoms with Gasteiger partial charge >= 0.3 is 12.2 Å². The van der Waals surface area contributed by atoms with E-state index in [2.05, 4.69) is 21.4 Å². The Labute approximate surface area is 317 Å². The maximum atomic E-state index is 14.1. The van der Waals surface area contributed by atoms with E-state index in [9.17, 15) is 22.8 Å². The smallest absolute Gasteiger partial charge is 0.422 e. The molecule has 0 unspecified atom stereocenters. The normalized spacial score (nSPS) is 19.2. The highest BCUT2D eigenvalue weighted by atomic mass is 19.4. The first-order valence-corrected chi connectivity index (χ1v) is 19.2. The first kappa shape index (κ1) is 37.2. The third-order valence-electron chi connectivity index (χ3n) is 11.8. The molecule has 0 radical (unpaired) electrons. The summed E-state index contributed by atoms with van der Waals surface area (Å²) in [6, 6.07) is 7.63. The number of halogens is 3. The van der Waals surface area contributed by atoms with Crippen LogP contribution in [-0.2, 0) is 9.53 Å². The van der Waals surface area contributed by atoms with E-state index in [0.29, 0.717) is 65.9 Å². The van der Waals surface area contributed by atoms with Gasteiger partial charge in [0.1, 0.15) is 17.4 Å². The zero-order chi connectivity index (χ0) is 38.5. The zero-order valence-corrected chi connectivity index (χ0v) is 31.3. The molecule has 8 rings (SSSR count). The minimum atomic E-state index is -4.64. The molecule has 2 aromatic heterocycles. The number of alkyl halides is 3. The van der Waals surface area contributed by atoms with Gasteiger partial charge in [0.2, 0.25) is 5.91 Å². The summed E-state index contributed by atoms with van der Waals surface area (Å²) in [4.78, 5) is 44.8. The molecule has 3 saturated heterocycles. The molecule has 4 aliphatic rings. The predicted octanol–water partition coefficient (Wildman–Crippen LogP) is 6.37. The molecule has 1 N–H and O–H groups in total. The van der Waals surface area contributed by atoms with Crippen molar-refractivity contribution >= 4 is 33.4 Å². The molecule has 1 saturated carbocycles. The van der Waals surface area contributed by atoms with Crippen molar-refractivity contribution in [3.63, 3.8) is 0 Å². The summed E-state index contributed by atoms with van der Waals surface area (Å²) >= 11 is 0. The van der Waals surface area contributed by atoms with E-state index in [1.54, 1.807) is 19.4 Å². The third-order valence-corrected chi connectivity index (χ3v) is 11.8. The number of rotatable bonds is 11. The number of H-pyrrole nitrogens is 1. The van der Waals surface area contributed by atoms with Crippen molar-refractivity contribution in [2.75, 3.05) is 71.0 Å². The van der Waals surface area contributed by atoms with Crippen molar-refractivity contribution in [3.05, 3.63) is 64.6 Å². The third kappa shape index (κ3) is 7.50. The highest BCUT2D eigenvalue weighted by Gasteiger charge is 2.47. The molecule has 4 fully saturated rings. The summed E-state index contributed by atoms with van der Waals surface area (Å²) in [7, 11) is 1.68. The van der Waals surface area contributed by atoms with Crippen molar-refractivity contribution in [1.82, 2.24) is 24.8 Å². The van der Waals surface area contributed by atoms with E-state index >= 15 is 0 Å². The fraction of sp³-hybridized carbons (Fsp3) is 0.512.